The molecule has 1 aliphatic heterocycles. The lowest BCUT2D eigenvalue weighted by Crippen LogP contribution is -2.20. The molecule has 1 rings (SSSR count). The van der Waals surface area contributed by atoms with Crippen molar-refractivity contribution in [3.8, 4) is 0 Å². The molecule has 0 aromatic heterocycles. The summed E-state index contributed by atoms with van der Waals surface area (Å²) in [4.78, 5) is 21.8. The van der Waals surface area contributed by atoms with Crippen LogP contribution in [0.1, 0.15) is 13.3 Å². The zero-order valence-electron chi connectivity index (χ0n) is 7.87. The van der Waals surface area contributed by atoms with Crippen molar-refractivity contribution < 1.29 is 14.3 Å². The summed E-state index contributed by atoms with van der Waals surface area (Å²) in [5.74, 6) is -1.59. The Kier molecular flexibility index (Phi) is 2.60. The van der Waals surface area contributed by atoms with Gasteiger partial charge in [-0.25, -0.2) is 0 Å². The van der Waals surface area contributed by atoms with Crippen LogP contribution in [-0.4, -0.2) is 17.9 Å². The summed E-state index contributed by atoms with van der Waals surface area (Å²) >= 11 is 0. The van der Waals surface area contributed by atoms with Crippen molar-refractivity contribution in [2.75, 3.05) is 0 Å². The van der Waals surface area contributed by atoms with E-state index < -0.39 is 11.8 Å². The molecule has 5 heteroatoms. The highest BCUT2D eigenvalue weighted by Crippen LogP contribution is 2.28. The van der Waals surface area contributed by atoms with Gasteiger partial charge in [0.15, 0.2) is 5.76 Å². The van der Waals surface area contributed by atoms with Crippen LogP contribution < -0.4 is 11.5 Å². The van der Waals surface area contributed by atoms with Crippen LogP contribution in [-0.2, 0) is 14.3 Å². The molecule has 5 nitrogen and oxygen atoms in total. The van der Waals surface area contributed by atoms with Gasteiger partial charge in [-0.3, -0.25) is 9.59 Å². The van der Waals surface area contributed by atoms with Gasteiger partial charge in [-0.2, -0.15) is 0 Å². The molecule has 0 aromatic rings. The van der Waals surface area contributed by atoms with Gasteiger partial charge in [0.1, 0.15) is 6.10 Å². The van der Waals surface area contributed by atoms with E-state index in [4.69, 9.17) is 16.2 Å². The predicted molar refractivity (Wildman–Crippen MR) is 49.7 cm³/mol. The number of hydrogen-bond donors (Lipinski definition) is 2. The largest absolute Gasteiger partial charge is 0.480 e. The molecule has 1 aliphatic rings. The van der Waals surface area contributed by atoms with E-state index in [0.29, 0.717) is 0 Å². The Morgan fingerprint density at radius 2 is 2.00 bits per heavy atom. The maximum atomic E-state index is 10.9. The van der Waals surface area contributed by atoms with Crippen molar-refractivity contribution >= 4 is 11.8 Å². The number of hydrogen-bond acceptors (Lipinski definition) is 3. The summed E-state index contributed by atoms with van der Waals surface area (Å²) in [5, 5.41) is 0. The molecule has 0 saturated carbocycles. The molecule has 0 radical (unpaired) electrons. The third-order valence-corrected chi connectivity index (χ3v) is 1.99. The highest BCUT2D eigenvalue weighted by Gasteiger charge is 2.32. The van der Waals surface area contributed by atoms with Gasteiger partial charge in [0.05, 0.1) is 5.57 Å². The summed E-state index contributed by atoms with van der Waals surface area (Å²) < 4.78 is 5.16. The smallest absolute Gasteiger partial charge is 0.284 e. The molecular weight excluding hydrogens is 184 g/mol. The van der Waals surface area contributed by atoms with Crippen molar-refractivity contribution in [3.63, 3.8) is 0 Å². The van der Waals surface area contributed by atoms with Gasteiger partial charge >= 0.3 is 0 Å². The minimum atomic E-state index is -0.775. The highest BCUT2D eigenvalue weighted by atomic mass is 16.5. The van der Waals surface area contributed by atoms with Gasteiger partial charge in [-0.05, 0) is 12.5 Å². The van der Waals surface area contributed by atoms with Crippen LogP contribution in [0, 0.1) is 0 Å². The Hall–Kier alpha value is -1.78. The van der Waals surface area contributed by atoms with Crippen LogP contribution in [0.4, 0.5) is 0 Å². The van der Waals surface area contributed by atoms with Gasteiger partial charge in [0.2, 0.25) is 5.91 Å². The highest BCUT2D eigenvalue weighted by molar-refractivity contribution is 6.03. The molecule has 1 atom stereocenters. The first-order valence-corrected chi connectivity index (χ1v) is 4.08. The summed E-state index contributed by atoms with van der Waals surface area (Å²) in [7, 11) is 0. The van der Waals surface area contributed by atoms with E-state index in [2.05, 4.69) is 6.58 Å². The second-order valence-electron chi connectivity index (χ2n) is 3.19. The fraction of sp³-hybridized carbons (Fsp3) is 0.333. The number of amides is 2. The summed E-state index contributed by atoms with van der Waals surface area (Å²) in [6.07, 6.45) is -0.108. The standard InChI is InChI=1S/C9H12N2O3/c1-4(2)6-3-5(8(10)12)7(14-6)9(11)13/h6H,1,3H2,2H3,(H2,10,12)(H2,11,13). The summed E-state index contributed by atoms with van der Waals surface area (Å²) in [6, 6.07) is 0. The molecule has 4 N–H and O–H groups in total. The molecule has 0 fully saturated rings. The lowest BCUT2D eigenvalue weighted by Gasteiger charge is -2.10. The molecule has 14 heavy (non-hydrogen) atoms. The van der Waals surface area contributed by atoms with Gasteiger partial charge in [0.25, 0.3) is 5.91 Å². The minimum absolute atomic E-state index is 0.134. The van der Waals surface area contributed by atoms with Crippen LogP contribution in [0.2, 0.25) is 0 Å². The van der Waals surface area contributed by atoms with Gasteiger partial charge in [-0.15, -0.1) is 0 Å². The number of carbonyl (C=O) groups is 2. The maximum Gasteiger partial charge on any atom is 0.284 e. The van der Waals surface area contributed by atoms with E-state index in [9.17, 15) is 9.59 Å². The van der Waals surface area contributed by atoms with Gasteiger partial charge in [-0.1, -0.05) is 6.58 Å². The molecular formula is C9H12N2O3. The van der Waals surface area contributed by atoms with Crippen molar-refractivity contribution in [2.45, 2.75) is 19.4 Å². The molecule has 0 spiro atoms. The SMILES string of the molecule is C=C(C)C1CC(C(N)=O)=C(C(N)=O)O1. The average molecular weight is 196 g/mol. The molecule has 2 amide bonds. The van der Waals surface area contributed by atoms with Gasteiger partial charge in [0, 0.05) is 6.42 Å². The van der Waals surface area contributed by atoms with Crippen LogP contribution in [0.5, 0.6) is 0 Å². The number of carbonyl (C=O) groups excluding carboxylic acids is 2. The number of rotatable bonds is 3. The van der Waals surface area contributed by atoms with E-state index in [1.807, 2.05) is 0 Å². The minimum Gasteiger partial charge on any atom is -0.480 e. The topological polar surface area (TPSA) is 95.4 Å². The fourth-order valence-corrected chi connectivity index (χ4v) is 1.23. The third-order valence-electron chi connectivity index (χ3n) is 1.99. The zero-order chi connectivity index (χ0) is 10.9. The van der Waals surface area contributed by atoms with Crippen molar-refractivity contribution in [1.82, 2.24) is 0 Å². The molecule has 76 valence electrons. The Morgan fingerprint density at radius 1 is 1.43 bits per heavy atom. The Balaban J connectivity index is 2.96. The molecule has 0 bridgehead atoms. The van der Waals surface area contributed by atoms with Crippen LogP contribution in [0.3, 0.4) is 0 Å². The van der Waals surface area contributed by atoms with Crippen molar-refractivity contribution in [1.29, 1.82) is 0 Å². The third kappa shape index (κ3) is 1.76. The molecule has 1 unspecified atom stereocenters. The van der Waals surface area contributed by atoms with E-state index in [1.54, 1.807) is 6.92 Å². The Labute approximate surface area is 81.4 Å². The summed E-state index contributed by atoms with van der Waals surface area (Å²) in [6.45, 7) is 5.41. The number of nitrogens with two attached hydrogens (primary N) is 2. The lowest BCUT2D eigenvalue weighted by atomic mass is 10.1. The van der Waals surface area contributed by atoms with Crippen molar-refractivity contribution in [2.24, 2.45) is 11.5 Å². The van der Waals surface area contributed by atoms with E-state index >= 15 is 0 Å². The first-order chi connectivity index (χ1) is 6.43. The van der Waals surface area contributed by atoms with E-state index in [-0.39, 0.29) is 23.9 Å². The molecule has 0 saturated heterocycles. The Bertz CT molecular complexity index is 318. The zero-order valence-corrected chi connectivity index (χ0v) is 7.87. The first-order valence-electron chi connectivity index (χ1n) is 4.08. The molecule has 1 heterocycles. The second-order valence-corrected chi connectivity index (χ2v) is 3.19. The molecule has 0 aliphatic carbocycles. The quantitative estimate of drug-likeness (QED) is 0.600. The number of primary amides is 2. The van der Waals surface area contributed by atoms with E-state index in [1.165, 1.54) is 0 Å². The normalized spacial score (nSPS) is 20.5. The van der Waals surface area contributed by atoms with Crippen LogP contribution in [0.25, 0.3) is 0 Å². The monoisotopic (exact) mass is 196 g/mol. The lowest BCUT2D eigenvalue weighted by molar-refractivity contribution is -0.119. The molecule has 0 aromatic carbocycles. The van der Waals surface area contributed by atoms with E-state index in [0.717, 1.165) is 5.57 Å². The first kappa shape index (κ1) is 10.3. The Morgan fingerprint density at radius 3 is 2.29 bits per heavy atom. The average Bonchev–Trinajstić information content (AvgIpc) is 2.47. The van der Waals surface area contributed by atoms with Gasteiger partial charge < -0.3 is 16.2 Å². The van der Waals surface area contributed by atoms with Crippen LogP contribution >= 0.6 is 0 Å². The predicted octanol–water partition coefficient (Wildman–Crippen LogP) is -0.424. The maximum absolute atomic E-state index is 10.9. The number of ether oxygens (including phenoxy) is 1. The fourth-order valence-electron chi connectivity index (χ4n) is 1.23. The summed E-state index contributed by atoms with van der Waals surface area (Å²) in [5.41, 5.74) is 11.0. The second kappa shape index (κ2) is 3.53. The van der Waals surface area contributed by atoms with Crippen LogP contribution in [0.15, 0.2) is 23.5 Å². The van der Waals surface area contributed by atoms with Crippen molar-refractivity contribution in [3.05, 3.63) is 23.5 Å².